The Labute approximate surface area is 143 Å². The van der Waals surface area contributed by atoms with Crippen molar-refractivity contribution in [2.45, 2.75) is 33.6 Å². The number of allylic oxidation sites excluding steroid dienone is 1. The van der Waals surface area contributed by atoms with Gasteiger partial charge in [0, 0.05) is 0 Å². The molecule has 103 valence electrons. The van der Waals surface area contributed by atoms with Gasteiger partial charge in [-0.15, -0.1) is 11.6 Å². The van der Waals surface area contributed by atoms with Gasteiger partial charge in [0.1, 0.15) is 0 Å². The molecule has 0 aromatic heterocycles. The van der Waals surface area contributed by atoms with E-state index in [2.05, 4.69) is 76.2 Å². The SMILES string of the molecule is Cc1ccc2c(c1)C=[C-]C2C.Cc1ccc[c-]1C.[CH3-].[Zr+3]. The monoisotopic (exact) mass is 341 g/mol. The number of hydrogen-bond acceptors (Lipinski definition) is 0. The molecule has 1 heteroatoms. The molecule has 1 radical (unpaired) electrons. The molecule has 0 fully saturated rings. The van der Waals surface area contributed by atoms with Gasteiger partial charge in [0.25, 0.3) is 0 Å². The summed E-state index contributed by atoms with van der Waals surface area (Å²) >= 11 is 0. The molecule has 3 rings (SSSR count). The Morgan fingerprint density at radius 3 is 2.35 bits per heavy atom. The van der Waals surface area contributed by atoms with Gasteiger partial charge in [-0.1, -0.05) is 44.4 Å². The molecule has 1 aliphatic carbocycles. The standard InChI is InChI=1S/C11H11.C7H9.CH3.Zr/c1-8-3-6-11-9(2)4-5-10(11)7-8;1-6-4-3-5-7(6)2;;/h3,5-7,9H,1-2H3;3-5H,1-2H3;1H3;/q3*-1;+3. The zero-order chi connectivity index (χ0) is 13.1. The van der Waals surface area contributed by atoms with Crippen LogP contribution in [0.25, 0.3) is 6.08 Å². The van der Waals surface area contributed by atoms with Gasteiger partial charge in [0.05, 0.1) is 0 Å². The van der Waals surface area contributed by atoms with Crippen LogP contribution in [0.1, 0.15) is 40.7 Å². The van der Waals surface area contributed by atoms with E-state index in [0.717, 1.165) is 0 Å². The Hall–Kier alpha value is -0.807. The van der Waals surface area contributed by atoms with Crippen molar-refractivity contribution in [3.63, 3.8) is 0 Å². The van der Waals surface area contributed by atoms with E-state index >= 15 is 0 Å². The van der Waals surface area contributed by atoms with Crippen LogP contribution in [0, 0.1) is 34.3 Å². The second kappa shape index (κ2) is 8.47. The topological polar surface area (TPSA) is 0 Å². The van der Waals surface area contributed by atoms with Crippen LogP contribution < -0.4 is 0 Å². The zero-order valence-electron chi connectivity index (χ0n) is 13.1. The summed E-state index contributed by atoms with van der Waals surface area (Å²) in [7, 11) is 0. The summed E-state index contributed by atoms with van der Waals surface area (Å²) in [5.74, 6) is 0.491. The molecule has 2 aromatic carbocycles. The van der Waals surface area contributed by atoms with Crippen LogP contribution in [0.2, 0.25) is 0 Å². The zero-order valence-corrected chi connectivity index (χ0v) is 15.6. The van der Waals surface area contributed by atoms with E-state index in [9.17, 15) is 0 Å². The Morgan fingerprint density at radius 1 is 1.15 bits per heavy atom. The van der Waals surface area contributed by atoms with Crippen molar-refractivity contribution in [2.75, 3.05) is 0 Å². The average Bonchev–Trinajstić information content (AvgIpc) is 2.88. The molecule has 0 aliphatic heterocycles. The molecular formula is C19H23Zr. The minimum atomic E-state index is 0. The van der Waals surface area contributed by atoms with Gasteiger partial charge < -0.3 is 7.43 Å². The van der Waals surface area contributed by atoms with Gasteiger partial charge in [-0.3, -0.25) is 6.08 Å². The largest absolute Gasteiger partial charge is 3.00 e. The summed E-state index contributed by atoms with van der Waals surface area (Å²) in [6, 6.07) is 12.9. The molecule has 0 nitrogen and oxygen atoms in total. The molecule has 1 aliphatic rings. The van der Waals surface area contributed by atoms with Crippen molar-refractivity contribution in [3.05, 3.63) is 77.7 Å². The van der Waals surface area contributed by atoms with Crippen molar-refractivity contribution in [2.24, 2.45) is 0 Å². The van der Waals surface area contributed by atoms with Crippen LogP contribution in [-0.2, 0) is 26.2 Å². The van der Waals surface area contributed by atoms with E-state index in [-0.39, 0.29) is 33.6 Å². The molecule has 2 aromatic rings. The Balaban J connectivity index is 0.000000356. The maximum Gasteiger partial charge on any atom is 3.00 e. The Bertz CT molecular complexity index is 544. The smallest absolute Gasteiger partial charge is 0.358 e. The summed E-state index contributed by atoms with van der Waals surface area (Å²) < 4.78 is 0. The van der Waals surface area contributed by atoms with Gasteiger partial charge in [0.15, 0.2) is 0 Å². The van der Waals surface area contributed by atoms with Gasteiger partial charge in [-0.2, -0.15) is 22.8 Å². The summed E-state index contributed by atoms with van der Waals surface area (Å²) in [4.78, 5) is 0. The first-order valence-corrected chi connectivity index (χ1v) is 6.46. The van der Waals surface area contributed by atoms with Crippen molar-refractivity contribution < 1.29 is 26.2 Å². The summed E-state index contributed by atoms with van der Waals surface area (Å²) in [5, 5.41) is 0. The molecule has 0 saturated heterocycles. The number of hydrogen-bond donors (Lipinski definition) is 0. The normalized spacial score (nSPS) is 14.5. The third kappa shape index (κ3) is 4.63. The fraction of sp³-hybridized carbons (Fsp3) is 0.263. The number of rotatable bonds is 0. The minimum Gasteiger partial charge on any atom is -0.358 e. The van der Waals surface area contributed by atoms with Gasteiger partial charge in [-0.05, 0) is 6.92 Å². The molecule has 0 N–H and O–H groups in total. The van der Waals surface area contributed by atoms with E-state index in [4.69, 9.17) is 0 Å². The molecular weight excluding hydrogens is 319 g/mol. The van der Waals surface area contributed by atoms with E-state index < -0.39 is 0 Å². The number of fused-ring (bicyclic) bond motifs is 1. The first-order chi connectivity index (χ1) is 8.58. The molecule has 0 heterocycles. The van der Waals surface area contributed by atoms with Crippen molar-refractivity contribution in [3.8, 4) is 0 Å². The maximum atomic E-state index is 3.29. The quantitative estimate of drug-likeness (QED) is 0.562. The van der Waals surface area contributed by atoms with Crippen LogP contribution in [-0.4, -0.2) is 0 Å². The first-order valence-electron chi connectivity index (χ1n) is 6.46. The predicted octanol–water partition coefficient (Wildman–Crippen LogP) is 5.40. The van der Waals surface area contributed by atoms with E-state index in [1.54, 1.807) is 0 Å². The molecule has 1 unspecified atom stereocenters. The fourth-order valence-corrected chi connectivity index (χ4v) is 2.12. The average molecular weight is 343 g/mol. The minimum absolute atomic E-state index is 0. The van der Waals surface area contributed by atoms with Gasteiger partial charge in [-0.25, -0.2) is 18.2 Å². The third-order valence-corrected chi connectivity index (χ3v) is 3.51. The van der Waals surface area contributed by atoms with E-state index in [1.807, 2.05) is 0 Å². The first kappa shape index (κ1) is 19.2. The van der Waals surface area contributed by atoms with Crippen molar-refractivity contribution in [1.82, 2.24) is 0 Å². The van der Waals surface area contributed by atoms with Gasteiger partial charge in [0.2, 0.25) is 0 Å². The predicted molar refractivity (Wildman–Crippen MR) is 85.2 cm³/mol. The van der Waals surface area contributed by atoms with Gasteiger partial charge >= 0.3 is 26.2 Å². The second-order valence-corrected chi connectivity index (χ2v) is 5.06. The molecule has 20 heavy (non-hydrogen) atoms. The second-order valence-electron chi connectivity index (χ2n) is 5.06. The van der Waals surface area contributed by atoms with Crippen LogP contribution >= 0.6 is 0 Å². The van der Waals surface area contributed by atoms with Crippen LogP contribution in [0.4, 0.5) is 0 Å². The maximum absolute atomic E-state index is 3.29. The molecule has 1 atom stereocenters. The molecule has 0 saturated carbocycles. The van der Waals surface area contributed by atoms with E-state index in [0.29, 0.717) is 5.92 Å². The number of benzene rings is 1. The van der Waals surface area contributed by atoms with E-state index in [1.165, 1.54) is 27.8 Å². The molecule has 0 spiro atoms. The van der Waals surface area contributed by atoms with Crippen molar-refractivity contribution in [1.29, 1.82) is 0 Å². The Kier molecular flexibility index (Phi) is 8.13. The molecule has 0 bridgehead atoms. The third-order valence-electron chi connectivity index (χ3n) is 3.51. The van der Waals surface area contributed by atoms with Crippen LogP contribution in [0.5, 0.6) is 0 Å². The van der Waals surface area contributed by atoms with Crippen LogP contribution in [0.3, 0.4) is 0 Å². The number of aryl methyl sites for hydroxylation is 3. The molecule has 0 amide bonds. The Morgan fingerprint density at radius 2 is 1.85 bits per heavy atom. The summed E-state index contributed by atoms with van der Waals surface area (Å²) in [6.07, 6.45) is 5.38. The van der Waals surface area contributed by atoms with Crippen LogP contribution in [0.15, 0.2) is 36.4 Å². The fourth-order valence-electron chi connectivity index (χ4n) is 2.12. The van der Waals surface area contributed by atoms with Crippen molar-refractivity contribution >= 4 is 6.08 Å². The summed E-state index contributed by atoms with van der Waals surface area (Å²) in [5.41, 5.74) is 6.86. The summed E-state index contributed by atoms with van der Waals surface area (Å²) in [6.45, 7) is 8.54.